The first-order valence-corrected chi connectivity index (χ1v) is 7.69. The number of carbonyl (C=O) groups excluding carboxylic acids is 1. The second-order valence-electron chi connectivity index (χ2n) is 4.65. The first kappa shape index (κ1) is 14.8. The van der Waals surface area contributed by atoms with Crippen molar-refractivity contribution < 1.29 is 9.21 Å². The fourth-order valence-electron chi connectivity index (χ4n) is 1.94. The smallest absolute Gasteiger partial charge is 0.234 e. The summed E-state index contributed by atoms with van der Waals surface area (Å²) in [6.07, 6.45) is 2.62. The Morgan fingerprint density at radius 3 is 2.90 bits per heavy atom. The van der Waals surface area contributed by atoms with Crippen LogP contribution in [-0.2, 0) is 17.9 Å². The minimum atomic E-state index is 0.0648. The molecule has 2 aromatic heterocycles. The number of hydrogen-bond donors (Lipinski definition) is 1. The van der Waals surface area contributed by atoms with Crippen LogP contribution in [0.3, 0.4) is 0 Å². The molecule has 0 radical (unpaired) electrons. The van der Waals surface area contributed by atoms with E-state index < -0.39 is 0 Å². The zero-order valence-corrected chi connectivity index (χ0v) is 12.5. The van der Waals surface area contributed by atoms with Gasteiger partial charge in [0.05, 0.1) is 19.4 Å². The van der Waals surface area contributed by atoms with Gasteiger partial charge >= 0.3 is 0 Å². The molecule has 0 aliphatic rings. The summed E-state index contributed by atoms with van der Waals surface area (Å²) in [5.41, 5.74) is 0. The van der Waals surface area contributed by atoms with Gasteiger partial charge < -0.3 is 9.73 Å². The van der Waals surface area contributed by atoms with E-state index in [1.54, 1.807) is 17.6 Å². The molecule has 4 nitrogen and oxygen atoms in total. The van der Waals surface area contributed by atoms with Crippen LogP contribution < -0.4 is 5.32 Å². The minimum Gasteiger partial charge on any atom is -0.468 e. The third-order valence-corrected chi connectivity index (χ3v) is 3.72. The fourth-order valence-corrected chi connectivity index (χ4v) is 2.68. The lowest BCUT2D eigenvalue weighted by Gasteiger charge is -2.20. The van der Waals surface area contributed by atoms with Crippen molar-refractivity contribution in [2.75, 3.05) is 13.1 Å². The predicted octanol–water partition coefficient (Wildman–Crippen LogP) is 2.87. The highest BCUT2D eigenvalue weighted by Gasteiger charge is 2.13. The van der Waals surface area contributed by atoms with E-state index in [2.05, 4.69) is 21.7 Å². The van der Waals surface area contributed by atoms with Crippen LogP contribution in [0.5, 0.6) is 0 Å². The van der Waals surface area contributed by atoms with Crippen molar-refractivity contribution in [2.45, 2.75) is 26.4 Å². The van der Waals surface area contributed by atoms with Crippen LogP contribution in [0.2, 0.25) is 0 Å². The van der Waals surface area contributed by atoms with Crippen LogP contribution in [0.1, 0.15) is 24.0 Å². The van der Waals surface area contributed by atoms with E-state index >= 15 is 0 Å². The molecule has 20 heavy (non-hydrogen) atoms. The maximum atomic E-state index is 11.9. The molecular weight excluding hydrogens is 272 g/mol. The van der Waals surface area contributed by atoms with Crippen LogP contribution in [0.15, 0.2) is 40.3 Å². The first-order valence-electron chi connectivity index (χ1n) is 6.81. The summed E-state index contributed by atoms with van der Waals surface area (Å²) >= 11 is 1.70. The van der Waals surface area contributed by atoms with E-state index in [9.17, 15) is 4.79 Å². The van der Waals surface area contributed by atoms with Crippen LogP contribution in [0, 0.1) is 0 Å². The quantitative estimate of drug-likeness (QED) is 0.813. The van der Waals surface area contributed by atoms with Crippen LogP contribution in [0.4, 0.5) is 0 Å². The van der Waals surface area contributed by atoms with E-state index in [0.717, 1.165) is 25.3 Å². The molecule has 5 heteroatoms. The Balaban J connectivity index is 1.94. The van der Waals surface area contributed by atoms with E-state index in [4.69, 9.17) is 4.42 Å². The number of hydrogen-bond acceptors (Lipinski definition) is 4. The van der Waals surface area contributed by atoms with E-state index in [0.29, 0.717) is 13.1 Å². The number of furan rings is 1. The van der Waals surface area contributed by atoms with Gasteiger partial charge in [-0.2, -0.15) is 0 Å². The maximum absolute atomic E-state index is 11.9. The van der Waals surface area contributed by atoms with E-state index in [-0.39, 0.29) is 5.91 Å². The molecule has 0 spiro atoms. The average molecular weight is 292 g/mol. The number of rotatable bonds is 8. The third-order valence-electron chi connectivity index (χ3n) is 2.86. The standard InChI is InChI=1S/C15H20N2O2S/c1-2-7-16-15(18)12-17(10-13-5-3-8-19-13)11-14-6-4-9-20-14/h3-6,8-9H,2,7,10-12H2,1H3,(H,16,18). The number of nitrogens with zero attached hydrogens (tertiary/aromatic N) is 1. The Morgan fingerprint density at radius 1 is 1.35 bits per heavy atom. The van der Waals surface area contributed by atoms with Gasteiger partial charge in [-0.3, -0.25) is 9.69 Å². The van der Waals surface area contributed by atoms with Crippen molar-refractivity contribution in [3.63, 3.8) is 0 Å². The molecule has 0 aliphatic heterocycles. The lowest BCUT2D eigenvalue weighted by molar-refractivity contribution is -0.122. The summed E-state index contributed by atoms with van der Waals surface area (Å²) in [6, 6.07) is 7.92. The molecule has 0 fully saturated rings. The highest BCUT2D eigenvalue weighted by molar-refractivity contribution is 7.09. The van der Waals surface area contributed by atoms with Crippen LogP contribution in [-0.4, -0.2) is 23.9 Å². The van der Waals surface area contributed by atoms with E-state index in [1.807, 2.05) is 25.1 Å². The predicted molar refractivity (Wildman–Crippen MR) is 80.4 cm³/mol. The molecule has 1 amide bonds. The Hall–Kier alpha value is -1.59. The molecule has 2 rings (SSSR count). The molecule has 1 N–H and O–H groups in total. The molecule has 0 unspecified atom stereocenters. The Kier molecular flexibility index (Phi) is 5.83. The second kappa shape index (κ2) is 7.87. The molecular formula is C15H20N2O2S. The zero-order chi connectivity index (χ0) is 14.2. The lowest BCUT2D eigenvalue weighted by atomic mass is 10.3. The minimum absolute atomic E-state index is 0.0648. The lowest BCUT2D eigenvalue weighted by Crippen LogP contribution is -2.36. The van der Waals surface area contributed by atoms with Gasteiger partial charge in [-0.05, 0) is 30.0 Å². The van der Waals surface area contributed by atoms with Gasteiger partial charge in [0.2, 0.25) is 5.91 Å². The van der Waals surface area contributed by atoms with Gasteiger partial charge in [-0.25, -0.2) is 0 Å². The van der Waals surface area contributed by atoms with Gasteiger partial charge in [0.15, 0.2) is 0 Å². The molecule has 0 aromatic carbocycles. The van der Waals surface area contributed by atoms with Crippen molar-refractivity contribution in [3.05, 3.63) is 46.5 Å². The molecule has 0 bridgehead atoms. The maximum Gasteiger partial charge on any atom is 0.234 e. The second-order valence-corrected chi connectivity index (χ2v) is 5.69. The molecule has 108 valence electrons. The summed E-state index contributed by atoms with van der Waals surface area (Å²) < 4.78 is 5.38. The molecule has 0 atom stereocenters. The summed E-state index contributed by atoms with van der Waals surface area (Å²) in [5, 5.41) is 4.97. The third kappa shape index (κ3) is 4.83. The van der Waals surface area contributed by atoms with Gasteiger partial charge in [0, 0.05) is 18.0 Å². The monoisotopic (exact) mass is 292 g/mol. The van der Waals surface area contributed by atoms with Gasteiger partial charge in [-0.15, -0.1) is 11.3 Å². The number of carbonyl (C=O) groups is 1. The summed E-state index contributed by atoms with van der Waals surface area (Å²) in [4.78, 5) is 15.2. The molecule has 0 aliphatic carbocycles. The first-order chi connectivity index (χ1) is 9.78. The zero-order valence-electron chi connectivity index (χ0n) is 11.7. The summed E-state index contributed by atoms with van der Waals surface area (Å²) in [7, 11) is 0. The van der Waals surface area contributed by atoms with Gasteiger partial charge in [0.25, 0.3) is 0 Å². The van der Waals surface area contributed by atoms with Crippen LogP contribution >= 0.6 is 11.3 Å². The van der Waals surface area contributed by atoms with Crippen molar-refractivity contribution >= 4 is 17.2 Å². The highest BCUT2D eigenvalue weighted by atomic mass is 32.1. The van der Waals surface area contributed by atoms with Crippen molar-refractivity contribution in [1.82, 2.24) is 10.2 Å². The molecule has 2 aromatic rings. The largest absolute Gasteiger partial charge is 0.468 e. The summed E-state index contributed by atoms with van der Waals surface area (Å²) in [5.74, 6) is 0.944. The molecule has 0 saturated heterocycles. The van der Waals surface area contributed by atoms with Crippen molar-refractivity contribution in [1.29, 1.82) is 0 Å². The van der Waals surface area contributed by atoms with Crippen molar-refractivity contribution in [2.24, 2.45) is 0 Å². The summed E-state index contributed by atoms with van der Waals surface area (Å²) in [6.45, 7) is 4.57. The van der Waals surface area contributed by atoms with Crippen LogP contribution in [0.25, 0.3) is 0 Å². The fraction of sp³-hybridized carbons (Fsp3) is 0.400. The molecule has 0 saturated carbocycles. The number of thiophene rings is 1. The van der Waals surface area contributed by atoms with E-state index in [1.165, 1.54) is 4.88 Å². The number of amides is 1. The Bertz CT molecular complexity index is 458. The Morgan fingerprint density at radius 2 is 2.25 bits per heavy atom. The number of nitrogens with one attached hydrogen (secondary N) is 1. The molecule has 2 heterocycles. The SMILES string of the molecule is CCCNC(=O)CN(Cc1ccco1)Cc1cccs1. The van der Waals surface area contributed by atoms with Gasteiger partial charge in [0.1, 0.15) is 5.76 Å². The highest BCUT2D eigenvalue weighted by Crippen LogP contribution is 2.14. The normalized spacial score (nSPS) is 10.9. The Labute approximate surface area is 123 Å². The topological polar surface area (TPSA) is 45.5 Å². The van der Waals surface area contributed by atoms with Gasteiger partial charge in [-0.1, -0.05) is 13.0 Å². The van der Waals surface area contributed by atoms with Crippen molar-refractivity contribution in [3.8, 4) is 0 Å². The average Bonchev–Trinajstić information content (AvgIpc) is 3.09.